The molecule has 2 aromatic carbocycles. The number of benzene rings is 2. The number of thioether (sulfide) groups is 1. The van der Waals surface area contributed by atoms with Crippen LogP contribution in [-0.2, 0) is 0 Å². The van der Waals surface area contributed by atoms with Gasteiger partial charge in [-0.25, -0.2) is 0 Å². The Hall–Kier alpha value is -0.870. The van der Waals surface area contributed by atoms with Crippen LogP contribution in [0.3, 0.4) is 0 Å². The van der Waals surface area contributed by atoms with E-state index in [0.29, 0.717) is 22.4 Å². The zero-order valence-electron chi connectivity index (χ0n) is 11.7. The Morgan fingerprint density at radius 1 is 1.19 bits per heavy atom. The van der Waals surface area contributed by atoms with Crippen LogP contribution >= 0.6 is 35.0 Å². The molecular weight excluding hydrogens is 325 g/mol. The molecule has 2 nitrogen and oxygen atoms in total. The fourth-order valence-electron chi connectivity index (χ4n) is 1.93. The van der Waals surface area contributed by atoms with Gasteiger partial charge in [-0.2, -0.15) is 0 Å². The fraction of sp³-hybridized carbons (Fsp3) is 0.250. The van der Waals surface area contributed by atoms with E-state index in [2.05, 4.69) is 0 Å². The summed E-state index contributed by atoms with van der Waals surface area (Å²) in [6, 6.07) is 13.1. The minimum Gasteiger partial charge on any atom is -0.494 e. The molecule has 1 atom stereocenters. The van der Waals surface area contributed by atoms with Gasteiger partial charge in [-0.05, 0) is 31.2 Å². The lowest BCUT2D eigenvalue weighted by Crippen LogP contribution is -2.14. The first-order valence-corrected chi connectivity index (χ1v) is 8.41. The average Bonchev–Trinajstić information content (AvgIpc) is 2.49. The summed E-state index contributed by atoms with van der Waals surface area (Å²) in [4.78, 5) is 0.938. The summed E-state index contributed by atoms with van der Waals surface area (Å²) in [6.45, 7) is 2.58. The Balaban J connectivity index is 2.08. The van der Waals surface area contributed by atoms with E-state index in [1.165, 1.54) is 0 Å². The molecule has 0 fully saturated rings. The maximum Gasteiger partial charge on any atom is 0.124 e. The summed E-state index contributed by atoms with van der Waals surface area (Å²) in [5.41, 5.74) is 7.29. The molecule has 0 aliphatic rings. The zero-order valence-corrected chi connectivity index (χ0v) is 14.0. The van der Waals surface area contributed by atoms with Gasteiger partial charge in [-0.3, -0.25) is 0 Å². The molecule has 0 heterocycles. The molecular formula is C16H17Cl2NOS. The third kappa shape index (κ3) is 4.55. The molecule has 2 N–H and O–H groups in total. The van der Waals surface area contributed by atoms with E-state index in [4.69, 9.17) is 33.7 Å². The van der Waals surface area contributed by atoms with Gasteiger partial charge in [-0.1, -0.05) is 41.4 Å². The summed E-state index contributed by atoms with van der Waals surface area (Å²) >= 11 is 13.7. The number of nitrogens with two attached hydrogens (primary N) is 1. The minimum absolute atomic E-state index is 0.132. The van der Waals surface area contributed by atoms with E-state index in [1.54, 1.807) is 23.9 Å². The van der Waals surface area contributed by atoms with Crippen molar-refractivity contribution in [1.82, 2.24) is 0 Å². The zero-order chi connectivity index (χ0) is 15.2. The Morgan fingerprint density at radius 2 is 1.95 bits per heavy atom. The molecule has 0 saturated heterocycles. The van der Waals surface area contributed by atoms with Crippen LogP contribution in [0.25, 0.3) is 0 Å². The molecule has 2 rings (SSSR count). The summed E-state index contributed by atoms with van der Waals surface area (Å²) in [5, 5.41) is 1.36. The highest BCUT2D eigenvalue weighted by molar-refractivity contribution is 7.99. The molecule has 0 amide bonds. The van der Waals surface area contributed by atoms with Crippen LogP contribution in [0.15, 0.2) is 47.4 Å². The summed E-state index contributed by atoms with van der Waals surface area (Å²) in [7, 11) is 0. The standard InChI is InChI=1S/C16H17Cl2NOS/c1-2-20-15-6-4-3-5-12(15)14(19)10-21-16-9-11(17)7-8-13(16)18/h3-9,14H,2,10,19H2,1H3. The number of rotatable bonds is 6. The van der Waals surface area contributed by atoms with Crippen molar-refractivity contribution in [1.29, 1.82) is 0 Å². The van der Waals surface area contributed by atoms with Crippen molar-refractivity contribution in [2.45, 2.75) is 17.9 Å². The highest BCUT2D eigenvalue weighted by atomic mass is 35.5. The predicted octanol–water partition coefficient (Wildman–Crippen LogP) is 5.18. The third-order valence-corrected chi connectivity index (χ3v) is 4.78. The molecule has 5 heteroatoms. The molecule has 1 unspecified atom stereocenters. The van der Waals surface area contributed by atoms with Gasteiger partial charge in [0.25, 0.3) is 0 Å². The van der Waals surface area contributed by atoms with E-state index in [0.717, 1.165) is 16.2 Å². The second-order valence-corrected chi connectivity index (χ2v) is 6.37. The van der Waals surface area contributed by atoms with Crippen LogP contribution in [-0.4, -0.2) is 12.4 Å². The Labute approximate surface area is 139 Å². The molecule has 0 bridgehead atoms. The highest BCUT2D eigenvalue weighted by Crippen LogP contribution is 2.33. The van der Waals surface area contributed by atoms with Crippen molar-refractivity contribution >= 4 is 35.0 Å². The van der Waals surface area contributed by atoms with Gasteiger partial charge in [0.05, 0.1) is 11.6 Å². The van der Waals surface area contributed by atoms with Gasteiger partial charge in [0, 0.05) is 27.3 Å². The smallest absolute Gasteiger partial charge is 0.124 e. The van der Waals surface area contributed by atoms with Crippen molar-refractivity contribution in [2.75, 3.05) is 12.4 Å². The molecule has 0 aliphatic heterocycles. The van der Waals surface area contributed by atoms with Gasteiger partial charge in [0.1, 0.15) is 5.75 Å². The number of hydrogen-bond donors (Lipinski definition) is 1. The Kier molecular flexibility index (Phi) is 6.24. The van der Waals surface area contributed by atoms with Gasteiger partial charge in [0.15, 0.2) is 0 Å². The Bertz CT molecular complexity index is 607. The molecule has 0 radical (unpaired) electrons. The number of ether oxygens (including phenoxy) is 1. The lowest BCUT2D eigenvalue weighted by Gasteiger charge is -2.16. The lowest BCUT2D eigenvalue weighted by atomic mass is 10.1. The topological polar surface area (TPSA) is 35.2 Å². The molecule has 0 aliphatic carbocycles. The van der Waals surface area contributed by atoms with Crippen molar-refractivity contribution < 1.29 is 4.74 Å². The predicted molar refractivity (Wildman–Crippen MR) is 91.7 cm³/mol. The second kappa shape index (κ2) is 7.95. The largest absolute Gasteiger partial charge is 0.494 e. The number of hydrogen-bond acceptors (Lipinski definition) is 3. The molecule has 2 aromatic rings. The van der Waals surface area contributed by atoms with Crippen LogP contribution < -0.4 is 10.5 Å². The van der Waals surface area contributed by atoms with E-state index in [1.807, 2.05) is 37.3 Å². The van der Waals surface area contributed by atoms with Crippen LogP contribution in [0.4, 0.5) is 0 Å². The first-order chi connectivity index (χ1) is 10.1. The van der Waals surface area contributed by atoms with Gasteiger partial charge < -0.3 is 10.5 Å². The SMILES string of the molecule is CCOc1ccccc1C(N)CSc1cc(Cl)ccc1Cl. The minimum atomic E-state index is -0.132. The van der Waals surface area contributed by atoms with Gasteiger partial charge in [-0.15, -0.1) is 11.8 Å². The first kappa shape index (κ1) is 16.5. The summed E-state index contributed by atoms with van der Waals surface area (Å²) in [5.74, 6) is 1.54. The van der Waals surface area contributed by atoms with Crippen molar-refractivity contribution in [3.8, 4) is 5.75 Å². The highest BCUT2D eigenvalue weighted by Gasteiger charge is 2.13. The van der Waals surface area contributed by atoms with E-state index >= 15 is 0 Å². The second-order valence-electron chi connectivity index (χ2n) is 4.46. The van der Waals surface area contributed by atoms with E-state index < -0.39 is 0 Å². The average molecular weight is 342 g/mol. The van der Waals surface area contributed by atoms with Crippen molar-refractivity contribution in [3.05, 3.63) is 58.1 Å². The van der Waals surface area contributed by atoms with Crippen LogP contribution in [0.5, 0.6) is 5.75 Å². The maximum atomic E-state index is 6.29. The molecule has 21 heavy (non-hydrogen) atoms. The van der Waals surface area contributed by atoms with E-state index in [9.17, 15) is 0 Å². The van der Waals surface area contributed by atoms with E-state index in [-0.39, 0.29) is 6.04 Å². The molecule has 0 spiro atoms. The maximum absolute atomic E-state index is 6.29. The van der Waals surface area contributed by atoms with Crippen LogP contribution in [0, 0.1) is 0 Å². The quantitative estimate of drug-likeness (QED) is 0.734. The normalized spacial score (nSPS) is 12.2. The van der Waals surface area contributed by atoms with Gasteiger partial charge >= 0.3 is 0 Å². The lowest BCUT2D eigenvalue weighted by molar-refractivity contribution is 0.335. The summed E-state index contributed by atoms with van der Waals surface area (Å²) < 4.78 is 5.62. The third-order valence-electron chi connectivity index (χ3n) is 2.93. The van der Waals surface area contributed by atoms with Crippen LogP contribution in [0.2, 0.25) is 10.0 Å². The van der Waals surface area contributed by atoms with Gasteiger partial charge in [0.2, 0.25) is 0 Å². The van der Waals surface area contributed by atoms with Crippen molar-refractivity contribution in [3.63, 3.8) is 0 Å². The van der Waals surface area contributed by atoms with Crippen LogP contribution in [0.1, 0.15) is 18.5 Å². The number of para-hydroxylation sites is 1. The molecule has 0 saturated carbocycles. The monoisotopic (exact) mass is 341 g/mol. The fourth-order valence-corrected chi connectivity index (χ4v) is 3.40. The molecule has 0 aromatic heterocycles. The number of halogens is 2. The van der Waals surface area contributed by atoms with Crippen molar-refractivity contribution in [2.24, 2.45) is 5.73 Å². The first-order valence-electron chi connectivity index (χ1n) is 6.67. The Morgan fingerprint density at radius 3 is 2.71 bits per heavy atom. The molecule has 112 valence electrons. The summed E-state index contributed by atoms with van der Waals surface area (Å²) in [6.07, 6.45) is 0.